The van der Waals surface area contributed by atoms with Crippen molar-refractivity contribution in [3.63, 3.8) is 0 Å². The molecule has 0 aliphatic rings. The van der Waals surface area contributed by atoms with Gasteiger partial charge in [-0.15, -0.1) is 0 Å². The van der Waals surface area contributed by atoms with Gasteiger partial charge in [-0.3, -0.25) is 4.72 Å². The molecule has 0 fully saturated rings. The number of nitrogens with zero attached hydrogens (tertiary/aromatic N) is 2. The number of aliphatic hydroxyl groups excluding tert-OH is 1. The summed E-state index contributed by atoms with van der Waals surface area (Å²) in [5.74, 6) is 0. The van der Waals surface area contributed by atoms with Crippen molar-refractivity contribution in [2.45, 2.75) is 6.61 Å². The monoisotopic (exact) mass is 349 g/mol. The van der Waals surface area contributed by atoms with Crippen molar-refractivity contribution in [2.24, 2.45) is 5.16 Å². The van der Waals surface area contributed by atoms with Crippen LogP contribution in [0.2, 0.25) is 0 Å². The molecule has 0 aliphatic carbocycles. The van der Waals surface area contributed by atoms with Gasteiger partial charge >= 0.3 is 10.2 Å². The predicted molar refractivity (Wildman–Crippen MR) is 92.5 cm³/mol. The van der Waals surface area contributed by atoms with Crippen LogP contribution in [0, 0.1) is 0 Å². The van der Waals surface area contributed by atoms with Gasteiger partial charge in [-0.05, 0) is 17.7 Å². The van der Waals surface area contributed by atoms with Gasteiger partial charge in [-0.25, -0.2) is 0 Å². The van der Waals surface area contributed by atoms with Crippen LogP contribution < -0.4 is 4.72 Å². The molecule has 0 unspecified atom stereocenters. The normalized spacial score (nSPS) is 12.4. The molecule has 7 nitrogen and oxygen atoms in total. The van der Waals surface area contributed by atoms with Crippen molar-refractivity contribution in [3.05, 3.63) is 65.2 Å². The number of benzene rings is 2. The molecular formula is C16H19N3O4S. The van der Waals surface area contributed by atoms with Gasteiger partial charge in [-0.2, -0.15) is 12.7 Å². The molecule has 8 heteroatoms. The summed E-state index contributed by atoms with van der Waals surface area (Å²) in [4.78, 5) is 0. The molecule has 2 aromatic carbocycles. The fourth-order valence-corrected chi connectivity index (χ4v) is 2.63. The lowest BCUT2D eigenvalue weighted by Crippen LogP contribution is -2.29. The average molecular weight is 349 g/mol. The lowest BCUT2D eigenvalue weighted by Gasteiger charge is -2.14. The van der Waals surface area contributed by atoms with Crippen molar-refractivity contribution in [1.82, 2.24) is 4.31 Å². The Morgan fingerprint density at radius 1 is 1.12 bits per heavy atom. The Morgan fingerprint density at radius 3 is 2.33 bits per heavy atom. The number of hydrogen-bond acceptors (Lipinski definition) is 5. The molecule has 0 aliphatic heterocycles. The zero-order valence-corrected chi connectivity index (χ0v) is 14.2. The molecule has 0 heterocycles. The van der Waals surface area contributed by atoms with E-state index in [2.05, 4.69) is 9.88 Å². The third-order valence-electron chi connectivity index (χ3n) is 3.37. The lowest BCUT2D eigenvalue weighted by atomic mass is 10.0. The highest BCUT2D eigenvalue weighted by Crippen LogP contribution is 2.18. The summed E-state index contributed by atoms with van der Waals surface area (Å²) < 4.78 is 27.3. The van der Waals surface area contributed by atoms with E-state index in [1.54, 1.807) is 48.5 Å². The average Bonchev–Trinajstić information content (AvgIpc) is 2.56. The Hall–Kier alpha value is -2.42. The summed E-state index contributed by atoms with van der Waals surface area (Å²) in [6.07, 6.45) is 0. The highest BCUT2D eigenvalue weighted by molar-refractivity contribution is 7.90. The fourth-order valence-electron chi connectivity index (χ4n) is 2.02. The van der Waals surface area contributed by atoms with Gasteiger partial charge in [0.05, 0.1) is 12.3 Å². The van der Waals surface area contributed by atoms with Crippen molar-refractivity contribution in [2.75, 3.05) is 18.8 Å². The number of rotatable bonds is 6. The molecule has 0 saturated carbocycles. The molecule has 0 atom stereocenters. The van der Waals surface area contributed by atoms with Gasteiger partial charge in [0, 0.05) is 25.2 Å². The summed E-state index contributed by atoms with van der Waals surface area (Å²) in [5, 5.41) is 21.8. The van der Waals surface area contributed by atoms with Crippen LogP contribution in [0.5, 0.6) is 0 Å². The SMILES string of the molecule is CN(C)S(=O)(=O)Nc1cccc(C(=NO)c2ccc(CO)cc2)c1. The molecule has 0 amide bonds. The van der Waals surface area contributed by atoms with E-state index < -0.39 is 10.2 Å². The molecule has 0 saturated heterocycles. The predicted octanol–water partition coefficient (Wildman–Crippen LogP) is 1.62. The Morgan fingerprint density at radius 2 is 1.79 bits per heavy atom. The smallest absolute Gasteiger partial charge is 0.301 e. The first kappa shape index (κ1) is 17.9. The van der Waals surface area contributed by atoms with Crippen molar-refractivity contribution in [1.29, 1.82) is 0 Å². The second-order valence-corrected chi connectivity index (χ2v) is 7.16. The van der Waals surface area contributed by atoms with E-state index >= 15 is 0 Å². The summed E-state index contributed by atoms with van der Waals surface area (Å²) in [7, 11) is -0.769. The Balaban J connectivity index is 2.35. The number of anilines is 1. The second-order valence-electron chi connectivity index (χ2n) is 5.27. The summed E-state index contributed by atoms with van der Waals surface area (Å²) >= 11 is 0. The zero-order chi connectivity index (χ0) is 17.7. The molecule has 0 aromatic heterocycles. The van der Waals surface area contributed by atoms with Gasteiger partial charge in [-0.1, -0.05) is 41.6 Å². The number of oxime groups is 1. The molecule has 2 rings (SSSR count). The lowest BCUT2D eigenvalue weighted by molar-refractivity contribution is 0.282. The first-order valence-corrected chi connectivity index (χ1v) is 8.54. The van der Waals surface area contributed by atoms with Crippen LogP contribution in [0.15, 0.2) is 53.7 Å². The van der Waals surface area contributed by atoms with E-state index in [0.29, 0.717) is 22.5 Å². The van der Waals surface area contributed by atoms with Crippen LogP contribution >= 0.6 is 0 Å². The van der Waals surface area contributed by atoms with Crippen LogP contribution in [0.25, 0.3) is 0 Å². The van der Waals surface area contributed by atoms with Crippen molar-refractivity contribution in [3.8, 4) is 0 Å². The van der Waals surface area contributed by atoms with Gasteiger partial charge in [0.1, 0.15) is 5.71 Å². The van der Waals surface area contributed by atoms with E-state index in [1.807, 2.05) is 0 Å². The quantitative estimate of drug-likeness (QED) is 0.419. The minimum Gasteiger partial charge on any atom is -0.410 e. The molecule has 0 spiro atoms. The van der Waals surface area contributed by atoms with Gasteiger partial charge in [0.15, 0.2) is 0 Å². The first-order valence-electron chi connectivity index (χ1n) is 7.10. The van der Waals surface area contributed by atoms with Gasteiger partial charge < -0.3 is 10.3 Å². The Labute approximate surface area is 141 Å². The third kappa shape index (κ3) is 4.10. The highest BCUT2D eigenvalue weighted by Gasteiger charge is 2.14. The van der Waals surface area contributed by atoms with E-state index in [9.17, 15) is 13.6 Å². The highest BCUT2D eigenvalue weighted by atomic mass is 32.2. The van der Waals surface area contributed by atoms with Gasteiger partial charge in [0.25, 0.3) is 0 Å². The molecule has 0 bridgehead atoms. The summed E-state index contributed by atoms with van der Waals surface area (Å²) in [6, 6.07) is 13.4. The van der Waals surface area contributed by atoms with Crippen molar-refractivity contribution >= 4 is 21.6 Å². The number of aliphatic hydroxyl groups is 1. The summed E-state index contributed by atoms with van der Waals surface area (Å²) in [5.41, 5.74) is 2.58. The molecule has 24 heavy (non-hydrogen) atoms. The van der Waals surface area contributed by atoms with Crippen LogP contribution in [0.4, 0.5) is 5.69 Å². The molecule has 2 aromatic rings. The second kappa shape index (κ2) is 7.43. The van der Waals surface area contributed by atoms with E-state index in [4.69, 9.17) is 5.11 Å². The Kier molecular flexibility index (Phi) is 5.55. The van der Waals surface area contributed by atoms with E-state index in [1.165, 1.54) is 14.1 Å². The minimum absolute atomic E-state index is 0.0757. The third-order valence-corrected chi connectivity index (χ3v) is 4.83. The fraction of sp³-hybridized carbons (Fsp3) is 0.188. The van der Waals surface area contributed by atoms with E-state index in [-0.39, 0.29) is 6.61 Å². The molecule has 128 valence electrons. The van der Waals surface area contributed by atoms with E-state index in [0.717, 1.165) is 9.87 Å². The topological polar surface area (TPSA) is 102 Å². The number of nitrogens with one attached hydrogen (secondary N) is 1. The zero-order valence-electron chi connectivity index (χ0n) is 13.3. The van der Waals surface area contributed by atoms with Gasteiger partial charge in [0.2, 0.25) is 0 Å². The number of hydrogen-bond donors (Lipinski definition) is 3. The standard InChI is InChI=1S/C16H19N3O4S/c1-19(2)24(22,23)18-15-5-3-4-14(10-15)16(17-21)13-8-6-12(11-20)7-9-13/h3-10,18,20-21H,11H2,1-2H3. The first-order chi connectivity index (χ1) is 11.4. The van der Waals surface area contributed by atoms with Crippen molar-refractivity contribution < 1.29 is 18.7 Å². The maximum absolute atomic E-state index is 11.9. The van der Waals surface area contributed by atoms with Crippen LogP contribution in [-0.2, 0) is 16.8 Å². The minimum atomic E-state index is -3.62. The maximum atomic E-state index is 11.9. The molecule has 0 radical (unpaired) electrons. The van der Waals surface area contributed by atoms with Crippen LogP contribution in [0.1, 0.15) is 16.7 Å². The van der Waals surface area contributed by atoms with Crippen LogP contribution in [-0.4, -0.2) is 42.8 Å². The Bertz CT molecular complexity index is 831. The molecular weight excluding hydrogens is 330 g/mol. The largest absolute Gasteiger partial charge is 0.410 e. The van der Waals surface area contributed by atoms with Crippen LogP contribution in [0.3, 0.4) is 0 Å². The molecule has 3 N–H and O–H groups in total. The maximum Gasteiger partial charge on any atom is 0.301 e. The summed E-state index contributed by atoms with van der Waals surface area (Å²) in [6.45, 7) is -0.0757.